The van der Waals surface area contributed by atoms with Crippen LogP contribution < -0.4 is 0 Å². The van der Waals surface area contributed by atoms with Crippen molar-refractivity contribution in [2.24, 2.45) is 0 Å². The van der Waals surface area contributed by atoms with Crippen molar-refractivity contribution in [1.82, 2.24) is 0 Å². The lowest BCUT2D eigenvalue weighted by Crippen LogP contribution is -2.28. The Kier molecular flexibility index (Phi) is 41.0. The minimum Gasteiger partial charge on any atom is -0.462 e. The molecule has 1 N–H and O–H groups in total. The Morgan fingerprint density at radius 2 is 0.788 bits per heavy atom. The Labute approximate surface area is 321 Å². The predicted molar refractivity (Wildman–Crippen MR) is 223 cm³/mol. The van der Waals surface area contributed by atoms with Crippen LogP contribution in [0, 0.1) is 0 Å². The van der Waals surface area contributed by atoms with Crippen LogP contribution in [0.15, 0.2) is 60.8 Å². The van der Waals surface area contributed by atoms with Gasteiger partial charge in [0.2, 0.25) is 0 Å². The average molecular weight is 727 g/mol. The first-order valence-electron chi connectivity index (χ1n) is 21.8. The van der Waals surface area contributed by atoms with Gasteiger partial charge in [0, 0.05) is 12.8 Å². The molecule has 0 fully saturated rings. The second-order valence-electron chi connectivity index (χ2n) is 14.4. The van der Waals surface area contributed by atoms with E-state index in [2.05, 4.69) is 74.6 Å². The number of unbranched alkanes of at least 4 members (excludes halogenated alkanes) is 21. The zero-order chi connectivity index (χ0) is 37.8. The summed E-state index contributed by atoms with van der Waals surface area (Å²) in [6, 6.07) is 0. The number of aliphatic hydroxyl groups is 1. The molecule has 300 valence electrons. The third-order valence-electron chi connectivity index (χ3n) is 9.28. The molecule has 0 saturated carbocycles. The minimum absolute atomic E-state index is 0.0955. The van der Waals surface area contributed by atoms with E-state index in [-0.39, 0.29) is 25.2 Å². The molecule has 52 heavy (non-hydrogen) atoms. The van der Waals surface area contributed by atoms with Crippen molar-refractivity contribution in [3.05, 3.63) is 60.8 Å². The molecule has 0 bridgehead atoms. The Hall–Kier alpha value is -2.40. The maximum absolute atomic E-state index is 12.2. The smallest absolute Gasteiger partial charge is 0.306 e. The molecule has 0 aromatic heterocycles. The third-order valence-corrected chi connectivity index (χ3v) is 9.28. The van der Waals surface area contributed by atoms with Crippen molar-refractivity contribution in [1.29, 1.82) is 0 Å². The first-order chi connectivity index (χ1) is 25.6. The van der Waals surface area contributed by atoms with Crippen LogP contribution >= 0.6 is 0 Å². The van der Waals surface area contributed by atoms with Crippen LogP contribution in [-0.4, -0.2) is 36.4 Å². The molecule has 0 aliphatic carbocycles. The summed E-state index contributed by atoms with van der Waals surface area (Å²) in [4.78, 5) is 24.3. The van der Waals surface area contributed by atoms with Gasteiger partial charge in [-0.3, -0.25) is 9.59 Å². The molecule has 5 nitrogen and oxygen atoms in total. The summed E-state index contributed by atoms with van der Waals surface area (Å²) in [5.41, 5.74) is 0. The molecular formula is C47H82O5. The van der Waals surface area contributed by atoms with Crippen LogP contribution in [0.4, 0.5) is 0 Å². The summed E-state index contributed by atoms with van der Waals surface area (Å²) in [7, 11) is 0. The first kappa shape index (κ1) is 49.6. The van der Waals surface area contributed by atoms with Crippen molar-refractivity contribution in [2.75, 3.05) is 13.2 Å². The fourth-order valence-corrected chi connectivity index (χ4v) is 5.95. The monoisotopic (exact) mass is 727 g/mol. The second-order valence-corrected chi connectivity index (χ2v) is 14.4. The van der Waals surface area contributed by atoms with Crippen molar-refractivity contribution < 1.29 is 24.2 Å². The average Bonchev–Trinajstić information content (AvgIpc) is 3.15. The van der Waals surface area contributed by atoms with Gasteiger partial charge in [-0.25, -0.2) is 0 Å². The van der Waals surface area contributed by atoms with E-state index in [9.17, 15) is 14.7 Å². The molecule has 0 spiro atoms. The maximum atomic E-state index is 12.2. The second kappa shape index (κ2) is 43.0. The van der Waals surface area contributed by atoms with Crippen LogP contribution in [0.3, 0.4) is 0 Å². The highest BCUT2D eigenvalue weighted by Gasteiger charge is 2.16. The van der Waals surface area contributed by atoms with E-state index in [1.165, 1.54) is 128 Å². The Balaban J connectivity index is 3.61. The first-order valence-corrected chi connectivity index (χ1v) is 21.8. The van der Waals surface area contributed by atoms with E-state index in [0.29, 0.717) is 19.3 Å². The lowest BCUT2D eigenvalue weighted by atomic mass is 10.0. The number of rotatable bonds is 39. The Morgan fingerprint density at radius 1 is 0.442 bits per heavy atom. The summed E-state index contributed by atoms with van der Waals surface area (Å²) in [6.07, 6.45) is 55.8. The van der Waals surface area contributed by atoms with Gasteiger partial charge < -0.3 is 14.6 Å². The number of carbonyl (C=O) groups excluding carboxylic acids is 2. The van der Waals surface area contributed by atoms with E-state index in [0.717, 1.165) is 44.9 Å². The molecule has 5 heteroatoms. The number of allylic oxidation sites excluding steroid dienone is 10. The van der Waals surface area contributed by atoms with Crippen molar-refractivity contribution in [3.8, 4) is 0 Å². The van der Waals surface area contributed by atoms with Crippen LogP contribution in [0.2, 0.25) is 0 Å². The normalized spacial score (nSPS) is 12.8. The van der Waals surface area contributed by atoms with Crippen molar-refractivity contribution >= 4 is 11.9 Å². The van der Waals surface area contributed by atoms with E-state index in [1.807, 2.05) is 0 Å². The molecule has 0 aliphatic rings. The van der Waals surface area contributed by atoms with Gasteiger partial charge in [0.05, 0.1) is 6.61 Å². The van der Waals surface area contributed by atoms with E-state index < -0.39 is 6.10 Å². The van der Waals surface area contributed by atoms with Gasteiger partial charge >= 0.3 is 11.9 Å². The summed E-state index contributed by atoms with van der Waals surface area (Å²) in [6.45, 7) is 4.06. The van der Waals surface area contributed by atoms with Crippen LogP contribution in [0.1, 0.15) is 206 Å². The topological polar surface area (TPSA) is 72.8 Å². The molecule has 0 aromatic rings. The molecule has 1 unspecified atom stereocenters. The fraction of sp³-hybridized carbons (Fsp3) is 0.745. The molecule has 0 radical (unpaired) electrons. The van der Waals surface area contributed by atoms with Crippen molar-refractivity contribution in [2.45, 2.75) is 213 Å². The molecule has 1 atom stereocenters. The number of hydrogen-bond donors (Lipinski definition) is 1. The van der Waals surface area contributed by atoms with E-state index in [1.54, 1.807) is 0 Å². The molecule has 0 heterocycles. The lowest BCUT2D eigenvalue weighted by Gasteiger charge is -2.15. The largest absolute Gasteiger partial charge is 0.462 e. The standard InChI is InChI=1S/C47H82O5/c1-3-5-7-9-11-13-15-17-19-21-22-23-24-26-28-30-32-34-36-38-40-42-47(50)52-45(43-48)44-51-46(49)41-39-37-35-33-31-29-27-25-20-18-16-14-12-10-8-6-4-2/h12,14,17-20,27,29,33,35,45,48H,3-11,13,15-16,21-26,28,30-32,34,36-44H2,1-2H3. The van der Waals surface area contributed by atoms with Gasteiger partial charge in [-0.15, -0.1) is 0 Å². The van der Waals surface area contributed by atoms with Gasteiger partial charge in [0.1, 0.15) is 6.61 Å². The highest BCUT2D eigenvalue weighted by atomic mass is 16.6. The minimum atomic E-state index is -0.795. The number of hydrogen-bond acceptors (Lipinski definition) is 5. The number of esters is 2. The van der Waals surface area contributed by atoms with Crippen LogP contribution in [-0.2, 0) is 19.1 Å². The van der Waals surface area contributed by atoms with E-state index >= 15 is 0 Å². The van der Waals surface area contributed by atoms with Gasteiger partial charge in [0.15, 0.2) is 6.10 Å². The van der Waals surface area contributed by atoms with Crippen LogP contribution in [0.5, 0.6) is 0 Å². The number of ether oxygens (including phenoxy) is 2. The maximum Gasteiger partial charge on any atom is 0.306 e. The van der Waals surface area contributed by atoms with Gasteiger partial charge in [0.25, 0.3) is 0 Å². The molecule has 0 amide bonds. The number of aliphatic hydroxyl groups excluding tert-OH is 1. The SMILES string of the molecule is CCCCCC=CCC=CCC=CCC=CCCCC(=O)OCC(CO)OC(=O)CCCCCCCCCCCCCC=CCCCCCCCC. The zero-order valence-corrected chi connectivity index (χ0v) is 34.1. The summed E-state index contributed by atoms with van der Waals surface area (Å²) >= 11 is 0. The summed E-state index contributed by atoms with van der Waals surface area (Å²) in [5.74, 6) is -0.656. The third kappa shape index (κ3) is 40.4. The molecule has 0 aliphatic heterocycles. The highest BCUT2D eigenvalue weighted by Crippen LogP contribution is 2.14. The lowest BCUT2D eigenvalue weighted by molar-refractivity contribution is -0.161. The Morgan fingerprint density at radius 3 is 1.27 bits per heavy atom. The van der Waals surface area contributed by atoms with Crippen molar-refractivity contribution in [3.63, 3.8) is 0 Å². The summed E-state index contributed by atoms with van der Waals surface area (Å²) < 4.78 is 10.6. The fourth-order valence-electron chi connectivity index (χ4n) is 5.95. The van der Waals surface area contributed by atoms with E-state index in [4.69, 9.17) is 9.47 Å². The van der Waals surface area contributed by atoms with Gasteiger partial charge in [-0.05, 0) is 77.0 Å². The molecule has 0 aromatic carbocycles. The van der Waals surface area contributed by atoms with Gasteiger partial charge in [-0.1, -0.05) is 177 Å². The molecule has 0 saturated heterocycles. The molecular weight excluding hydrogens is 645 g/mol. The van der Waals surface area contributed by atoms with Gasteiger partial charge in [-0.2, -0.15) is 0 Å². The number of carbonyl (C=O) groups is 2. The summed E-state index contributed by atoms with van der Waals surface area (Å²) in [5, 5.41) is 9.57. The van der Waals surface area contributed by atoms with Crippen LogP contribution in [0.25, 0.3) is 0 Å². The Bertz CT molecular complexity index is 915. The molecule has 0 rings (SSSR count). The zero-order valence-electron chi connectivity index (χ0n) is 34.1. The highest BCUT2D eigenvalue weighted by molar-refractivity contribution is 5.70. The quantitative estimate of drug-likeness (QED) is 0.0388. The predicted octanol–water partition coefficient (Wildman–Crippen LogP) is 14.0.